The van der Waals surface area contributed by atoms with Crippen molar-refractivity contribution < 1.29 is 4.74 Å². The highest BCUT2D eigenvalue weighted by Crippen LogP contribution is 2.20. The van der Waals surface area contributed by atoms with Gasteiger partial charge < -0.3 is 10.5 Å². The van der Waals surface area contributed by atoms with Crippen LogP contribution < -0.4 is 5.73 Å². The Morgan fingerprint density at radius 2 is 2.27 bits per heavy atom. The lowest BCUT2D eigenvalue weighted by molar-refractivity contribution is 0.0556. The largest absolute Gasteiger partial charge is 0.378 e. The standard InChI is InChI=1S/C9H19NO/c1-2-3-6-11-9-5-4-8(10)7-9/h8-9H,2-7,10H2,1H3. The van der Waals surface area contributed by atoms with Gasteiger partial charge in [-0.3, -0.25) is 0 Å². The first kappa shape index (κ1) is 9.01. The summed E-state index contributed by atoms with van der Waals surface area (Å²) in [6.07, 6.45) is 6.27. The molecule has 0 bridgehead atoms. The van der Waals surface area contributed by atoms with Crippen LogP contribution in [0, 0.1) is 0 Å². The summed E-state index contributed by atoms with van der Waals surface area (Å²) in [5.74, 6) is 0. The third kappa shape index (κ3) is 3.21. The Bertz CT molecular complexity index is 106. The summed E-state index contributed by atoms with van der Waals surface area (Å²) >= 11 is 0. The molecule has 0 spiro atoms. The van der Waals surface area contributed by atoms with Crippen molar-refractivity contribution in [1.82, 2.24) is 0 Å². The fourth-order valence-electron chi connectivity index (χ4n) is 1.52. The molecular formula is C9H19NO. The van der Waals surface area contributed by atoms with Crippen LogP contribution in [0.2, 0.25) is 0 Å². The molecule has 1 saturated carbocycles. The van der Waals surface area contributed by atoms with E-state index in [0.29, 0.717) is 12.1 Å². The maximum atomic E-state index is 5.75. The van der Waals surface area contributed by atoms with Gasteiger partial charge in [-0.05, 0) is 25.7 Å². The third-order valence-electron chi connectivity index (χ3n) is 2.28. The molecular weight excluding hydrogens is 138 g/mol. The van der Waals surface area contributed by atoms with Crippen molar-refractivity contribution in [2.45, 2.75) is 51.2 Å². The van der Waals surface area contributed by atoms with E-state index in [-0.39, 0.29) is 0 Å². The molecule has 11 heavy (non-hydrogen) atoms. The second-order valence-electron chi connectivity index (χ2n) is 3.42. The van der Waals surface area contributed by atoms with Gasteiger partial charge in [0.15, 0.2) is 0 Å². The van der Waals surface area contributed by atoms with Crippen LogP contribution in [-0.2, 0) is 4.74 Å². The number of nitrogens with two attached hydrogens (primary N) is 1. The van der Waals surface area contributed by atoms with Gasteiger partial charge in [0.25, 0.3) is 0 Å². The first-order chi connectivity index (χ1) is 5.33. The lowest BCUT2D eigenvalue weighted by Gasteiger charge is -2.10. The SMILES string of the molecule is CCCCOC1CCC(N)C1. The molecule has 2 atom stereocenters. The fourth-order valence-corrected chi connectivity index (χ4v) is 1.52. The van der Waals surface area contributed by atoms with Gasteiger partial charge in [-0.15, -0.1) is 0 Å². The monoisotopic (exact) mass is 157 g/mol. The van der Waals surface area contributed by atoms with Crippen molar-refractivity contribution >= 4 is 0 Å². The number of ether oxygens (including phenoxy) is 1. The molecule has 0 aliphatic heterocycles. The van der Waals surface area contributed by atoms with E-state index in [0.717, 1.165) is 19.4 Å². The van der Waals surface area contributed by atoms with Gasteiger partial charge in [0.05, 0.1) is 6.10 Å². The predicted octanol–water partition coefficient (Wildman–Crippen LogP) is 1.68. The van der Waals surface area contributed by atoms with E-state index in [1.54, 1.807) is 0 Å². The molecule has 1 rings (SSSR count). The Kier molecular flexibility index (Phi) is 3.87. The number of hydrogen-bond donors (Lipinski definition) is 1. The maximum Gasteiger partial charge on any atom is 0.0590 e. The highest BCUT2D eigenvalue weighted by Gasteiger charge is 2.21. The summed E-state index contributed by atoms with van der Waals surface area (Å²) in [6.45, 7) is 3.11. The summed E-state index contributed by atoms with van der Waals surface area (Å²) < 4.78 is 5.63. The molecule has 66 valence electrons. The van der Waals surface area contributed by atoms with E-state index < -0.39 is 0 Å². The van der Waals surface area contributed by atoms with Crippen LogP contribution >= 0.6 is 0 Å². The van der Waals surface area contributed by atoms with E-state index in [9.17, 15) is 0 Å². The van der Waals surface area contributed by atoms with Gasteiger partial charge in [-0.25, -0.2) is 0 Å². The van der Waals surface area contributed by atoms with Crippen LogP contribution in [0.4, 0.5) is 0 Å². The van der Waals surface area contributed by atoms with Crippen molar-refractivity contribution in [3.63, 3.8) is 0 Å². The molecule has 0 amide bonds. The van der Waals surface area contributed by atoms with Crippen LogP contribution in [0.15, 0.2) is 0 Å². The molecule has 0 saturated heterocycles. The molecule has 0 radical (unpaired) electrons. The molecule has 2 heteroatoms. The molecule has 1 fully saturated rings. The van der Waals surface area contributed by atoms with Crippen molar-refractivity contribution in [1.29, 1.82) is 0 Å². The van der Waals surface area contributed by atoms with Crippen molar-refractivity contribution in [2.75, 3.05) is 6.61 Å². The molecule has 1 aliphatic rings. The summed E-state index contributed by atoms with van der Waals surface area (Å²) in [4.78, 5) is 0. The number of rotatable bonds is 4. The zero-order valence-corrected chi connectivity index (χ0v) is 7.38. The maximum absolute atomic E-state index is 5.75. The van der Waals surface area contributed by atoms with Gasteiger partial charge >= 0.3 is 0 Å². The number of unbranched alkanes of at least 4 members (excludes halogenated alkanes) is 1. The molecule has 0 aromatic heterocycles. The predicted molar refractivity (Wildman–Crippen MR) is 46.5 cm³/mol. The summed E-state index contributed by atoms with van der Waals surface area (Å²) in [5.41, 5.74) is 5.75. The van der Waals surface area contributed by atoms with Crippen LogP contribution in [0.5, 0.6) is 0 Å². The second kappa shape index (κ2) is 4.73. The molecule has 1 aliphatic carbocycles. The van der Waals surface area contributed by atoms with Crippen LogP contribution in [-0.4, -0.2) is 18.8 Å². The smallest absolute Gasteiger partial charge is 0.0590 e. The van der Waals surface area contributed by atoms with Crippen molar-refractivity contribution in [3.8, 4) is 0 Å². The fraction of sp³-hybridized carbons (Fsp3) is 1.00. The quantitative estimate of drug-likeness (QED) is 0.630. The average molecular weight is 157 g/mol. The highest BCUT2D eigenvalue weighted by atomic mass is 16.5. The molecule has 0 aromatic rings. The summed E-state index contributed by atoms with van der Waals surface area (Å²) in [5, 5.41) is 0. The number of hydrogen-bond acceptors (Lipinski definition) is 2. The Morgan fingerprint density at radius 1 is 1.45 bits per heavy atom. The van der Waals surface area contributed by atoms with E-state index in [4.69, 9.17) is 10.5 Å². The minimum atomic E-state index is 0.404. The lowest BCUT2D eigenvalue weighted by Crippen LogP contribution is -2.17. The van der Waals surface area contributed by atoms with E-state index in [1.807, 2.05) is 0 Å². The van der Waals surface area contributed by atoms with Crippen LogP contribution in [0.1, 0.15) is 39.0 Å². The normalized spacial score (nSPS) is 31.1. The Labute approximate surface area is 69.1 Å². The van der Waals surface area contributed by atoms with Gasteiger partial charge in [0.2, 0.25) is 0 Å². The van der Waals surface area contributed by atoms with E-state index in [2.05, 4.69) is 6.92 Å². The highest BCUT2D eigenvalue weighted by molar-refractivity contribution is 4.77. The van der Waals surface area contributed by atoms with E-state index in [1.165, 1.54) is 19.3 Å². The molecule has 0 aromatic carbocycles. The Balaban J connectivity index is 1.99. The van der Waals surface area contributed by atoms with Gasteiger partial charge in [0, 0.05) is 12.6 Å². The molecule has 2 N–H and O–H groups in total. The van der Waals surface area contributed by atoms with Gasteiger partial charge in [-0.2, -0.15) is 0 Å². The minimum absolute atomic E-state index is 0.404. The minimum Gasteiger partial charge on any atom is -0.378 e. The van der Waals surface area contributed by atoms with Gasteiger partial charge in [-0.1, -0.05) is 13.3 Å². The van der Waals surface area contributed by atoms with Crippen molar-refractivity contribution in [3.05, 3.63) is 0 Å². The lowest BCUT2D eigenvalue weighted by atomic mass is 10.3. The average Bonchev–Trinajstić information content (AvgIpc) is 2.37. The summed E-state index contributed by atoms with van der Waals surface area (Å²) in [6, 6.07) is 0.404. The summed E-state index contributed by atoms with van der Waals surface area (Å²) in [7, 11) is 0. The zero-order chi connectivity index (χ0) is 8.10. The first-order valence-electron chi connectivity index (χ1n) is 4.70. The van der Waals surface area contributed by atoms with Gasteiger partial charge in [0.1, 0.15) is 0 Å². The van der Waals surface area contributed by atoms with E-state index >= 15 is 0 Å². The Hall–Kier alpha value is -0.0800. The topological polar surface area (TPSA) is 35.2 Å². The first-order valence-corrected chi connectivity index (χ1v) is 4.70. The third-order valence-corrected chi connectivity index (χ3v) is 2.28. The molecule has 0 heterocycles. The zero-order valence-electron chi connectivity index (χ0n) is 7.38. The van der Waals surface area contributed by atoms with Crippen LogP contribution in [0.25, 0.3) is 0 Å². The van der Waals surface area contributed by atoms with Crippen molar-refractivity contribution in [2.24, 2.45) is 5.73 Å². The second-order valence-corrected chi connectivity index (χ2v) is 3.42. The molecule has 2 unspecified atom stereocenters. The Morgan fingerprint density at radius 3 is 2.82 bits per heavy atom. The van der Waals surface area contributed by atoms with Crippen LogP contribution in [0.3, 0.4) is 0 Å². The molecule has 2 nitrogen and oxygen atoms in total.